The van der Waals surface area contributed by atoms with E-state index in [2.05, 4.69) is 27.9 Å². The number of aromatic nitrogens is 2. The minimum absolute atomic E-state index is 0.119. The van der Waals surface area contributed by atoms with Crippen molar-refractivity contribution in [2.45, 2.75) is 32.2 Å². The molecule has 0 bridgehead atoms. The van der Waals surface area contributed by atoms with Crippen LogP contribution in [-0.2, 0) is 9.53 Å². The molecular formula is C17H24N4O2. The van der Waals surface area contributed by atoms with E-state index in [0.29, 0.717) is 25.6 Å². The first kappa shape index (κ1) is 15.9. The molecule has 6 nitrogen and oxygen atoms in total. The summed E-state index contributed by atoms with van der Waals surface area (Å²) in [7, 11) is 2.00. The Hall–Kier alpha value is -1.95. The zero-order chi connectivity index (χ0) is 16.2. The molecule has 0 saturated carbocycles. The lowest BCUT2D eigenvalue weighted by molar-refractivity contribution is -0.136. The Bertz CT molecular complexity index is 602. The van der Waals surface area contributed by atoms with E-state index in [0.717, 1.165) is 37.2 Å². The summed E-state index contributed by atoms with van der Waals surface area (Å²) in [4.78, 5) is 25.8. The van der Waals surface area contributed by atoms with Crippen LogP contribution in [0.4, 0.5) is 5.82 Å². The van der Waals surface area contributed by atoms with Crippen LogP contribution in [0.25, 0.3) is 0 Å². The maximum Gasteiger partial charge on any atom is 0.250 e. The number of morpholine rings is 1. The number of nitrogens with zero attached hydrogens (tertiary/aromatic N) is 4. The average Bonchev–Trinajstić information content (AvgIpc) is 3.15. The van der Waals surface area contributed by atoms with Crippen molar-refractivity contribution in [2.24, 2.45) is 0 Å². The molecule has 1 atom stereocenters. The summed E-state index contributed by atoms with van der Waals surface area (Å²) in [5.74, 6) is 1.65. The normalized spacial score (nSPS) is 21.2. The van der Waals surface area contributed by atoms with Crippen molar-refractivity contribution in [3.05, 3.63) is 29.7 Å². The number of hydrogen-bond donors (Lipinski definition) is 0. The van der Waals surface area contributed by atoms with Gasteiger partial charge in [0.05, 0.1) is 13.2 Å². The topological polar surface area (TPSA) is 58.6 Å². The molecule has 2 aliphatic rings. The maximum atomic E-state index is 12.8. The standard InChI is InChI=1S/C17H24N4O2/c1-3-20(2)15-8-9-18-16(19-15)14-12-23-11-10-21(14)17(22)13-6-4-5-7-13/h6,8-9,14H,3-5,7,10-12H2,1-2H3/t14-/m0/s1. The molecule has 6 heteroatoms. The first-order valence-corrected chi connectivity index (χ1v) is 8.32. The van der Waals surface area contributed by atoms with Crippen LogP contribution in [0.5, 0.6) is 0 Å². The number of carbonyl (C=O) groups is 1. The first-order valence-electron chi connectivity index (χ1n) is 8.32. The van der Waals surface area contributed by atoms with E-state index >= 15 is 0 Å². The van der Waals surface area contributed by atoms with E-state index in [4.69, 9.17) is 4.74 Å². The lowest BCUT2D eigenvalue weighted by atomic mass is 10.1. The second kappa shape index (κ2) is 7.08. The minimum atomic E-state index is -0.206. The highest BCUT2D eigenvalue weighted by Crippen LogP contribution is 2.27. The smallest absolute Gasteiger partial charge is 0.250 e. The molecule has 1 fully saturated rings. The summed E-state index contributed by atoms with van der Waals surface area (Å²) in [5.41, 5.74) is 0.929. The fourth-order valence-electron chi connectivity index (χ4n) is 3.01. The molecule has 23 heavy (non-hydrogen) atoms. The molecule has 0 radical (unpaired) electrons. The number of anilines is 1. The second-order valence-corrected chi connectivity index (χ2v) is 6.00. The lowest BCUT2D eigenvalue weighted by Crippen LogP contribution is -2.44. The van der Waals surface area contributed by atoms with Gasteiger partial charge in [-0.25, -0.2) is 9.97 Å². The molecule has 1 aliphatic carbocycles. The molecule has 3 rings (SSSR count). The highest BCUT2D eigenvalue weighted by atomic mass is 16.5. The van der Waals surface area contributed by atoms with Crippen molar-refractivity contribution in [3.8, 4) is 0 Å². The maximum absolute atomic E-state index is 12.8. The van der Waals surface area contributed by atoms with Crippen LogP contribution in [0, 0.1) is 0 Å². The molecule has 1 saturated heterocycles. The van der Waals surface area contributed by atoms with Crippen molar-refractivity contribution < 1.29 is 9.53 Å². The van der Waals surface area contributed by atoms with Gasteiger partial charge >= 0.3 is 0 Å². The Labute approximate surface area is 137 Å². The lowest BCUT2D eigenvalue weighted by Gasteiger charge is -2.35. The number of amides is 1. The number of carbonyl (C=O) groups excluding carboxylic acids is 1. The fraction of sp³-hybridized carbons (Fsp3) is 0.588. The third kappa shape index (κ3) is 3.37. The van der Waals surface area contributed by atoms with Crippen molar-refractivity contribution in [2.75, 3.05) is 38.3 Å². The molecule has 124 valence electrons. The van der Waals surface area contributed by atoms with E-state index in [1.807, 2.05) is 18.0 Å². The zero-order valence-electron chi connectivity index (χ0n) is 13.9. The predicted molar refractivity (Wildman–Crippen MR) is 88.2 cm³/mol. The third-order valence-corrected chi connectivity index (χ3v) is 4.53. The van der Waals surface area contributed by atoms with Crippen LogP contribution >= 0.6 is 0 Å². The number of allylic oxidation sites excluding steroid dienone is 1. The summed E-state index contributed by atoms with van der Waals surface area (Å²) in [6.07, 6.45) is 6.78. The largest absolute Gasteiger partial charge is 0.377 e. The Kier molecular flexibility index (Phi) is 4.91. The molecule has 0 N–H and O–H groups in total. The van der Waals surface area contributed by atoms with Crippen LogP contribution in [0.1, 0.15) is 38.1 Å². The van der Waals surface area contributed by atoms with Gasteiger partial charge < -0.3 is 14.5 Å². The summed E-state index contributed by atoms with van der Waals surface area (Å²) in [6.45, 7) is 4.57. The highest BCUT2D eigenvalue weighted by molar-refractivity contribution is 5.94. The molecule has 0 aromatic carbocycles. The van der Waals surface area contributed by atoms with Crippen molar-refractivity contribution >= 4 is 11.7 Å². The third-order valence-electron chi connectivity index (χ3n) is 4.53. The summed E-state index contributed by atoms with van der Waals surface area (Å²) < 4.78 is 5.60. The molecule has 1 aromatic heterocycles. The van der Waals surface area contributed by atoms with Crippen LogP contribution in [0.2, 0.25) is 0 Å². The van der Waals surface area contributed by atoms with Gasteiger partial charge in [0.25, 0.3) is 0 Å². The first-order chi connectivity index (χ1) is 11.2. The number of rotatable bonds is 4. The monoisotopic (exact) mass is 316 g/mol. The number of ether oxygens (including phenoxy) is 1. The van der Waals surface area contributed by atoms with Crippen LogP contribution in [-0.4, -0.2) is 54.1 Å². The Morgan fingerprint density at radius 1 is 1.52 bits per heavy atom. The molecule has 0 unspecified atom stereocenters. The zero-order valence-corrected chi connectivity index (χ0v) is 13.9. The van der Waals surface area contributed by atoms with Crippen molar-refractivity contribution in [1.29, 1.82) is 0 Å². The van der Waals surface area contributed by atoms with E-state index in [-0.39, 0.29) is 11.9 Å². The van der Waals surface area contributed by atoms with E-state index in [1.54, 1.807) is 6.20 Å². The second-order valence-electron chi connectivity index (χ2n) is 6.00. The van der Waals surface area contributed by atoms with Gasteiger partial charge in [0.2, 0.25) is 5.91 Å². The minimum Gasteiger partial charge on any atom is -0.377 e. The van der Waals surface area contributed by atoms with Crippen molar-refractivity contribution in [1.82, 2.24) is 14.9 Å². The van der Waals surface area contributed by atoms with E-state index in [1.165, 1.54) is 0 Å². The average molecular weight is 316 g/mol. The van der Waals surface area contributed by atoms with Gasteiger partial charge in [-0.3, -0.25) is 4.79 Å². The van der Waals surface area contributed by atoms with Gasteiger partial charge in [-0.2, -0.15) is 0 Å². The summed E-state index contributed by atoms with van der Waals surface area (Å²) >= 11 is 0. The Morgan fingerprint density at radius 3 is 3.13 bits per heavy atom. The fourth-order valence-corrected chi connectivity index (χ4v) is 3.01. The highest BCUT2D eigenvalue weighted by Gasteiger charge is 2.32. The number of hydrogen-bond acceptors (Lipinski definition) is 5. The van der Waals surface area contributed by atoms with E-state index in [9.17, 15) is 4.79 Å². The molecule has 2 heterocycles. The Morgan fingerprint density at radius 2 is 2.39 bits per heavy atom. The summed E-state index contributed by atoms with van der Waals surface area (Å²) in [5, 5.41) is 0. The van der Waals surface area contributed by atoms with Gasteiger partial charge in [0.15, 0.2) is 5.82 Å². The van der Waals surface area contributed by atoms with Gasteiger partial charge in [0.1, 0.15) is 11.9 Å². The molecule has 1 aliphatic heterocycles. The van der Waals surface area contributed by atoms with Gasteiger partial charge in [-0.05, 0) is 32.3 Å². The predicted octanol–water partition coefficient (Wildman–Crippen LogP) is 1.94. The van der Waals surface area contributed by atoms with Crippen molar-refractivity contribution in [3.63, 3.8) is 0 Å². The summed E-state index contributed by atoms with van der Waals surface area (Å²) in [6, 6.07) is 1.69. The van der Waals surface area contributed by atoms with Crippen LogP contribution in [0.15, 0.2) is 23.9 Å². The molecular weight excluding hydrogens is 292 g/mol. The van der Waals surface area contributed by atoms with Gasteiger partial charge in [-0.15, -0.1) is 0 Å². The molecule has 1 aromatic rings. The Balaban J connectivity index is 1.85. The molecule has 1 amide bonds. The van der Waals surface area contributed by atoms with Gasteiger partial charge in [0, 0.05) is 31.9 Å². The SMILES string of the molecule is CCN(C)c1ccnc([C@@H]2COCCN2C(=O)C2=CCCC2)n1. The van der Waals surface area contributed by atoms with Crippen LogP contribution < -0.4 is 4.90 Å². The van der Waals surface area contributed by atoms with Crippen LogP contribution in [0.3, 0.4) is 0 Å². The van der Waals surface area contributed by atoms with Gasteiger partial charge in [-0.1, -0.05) is 6.08 Å². The van der Waals surface area contributed by atoms with E-state index < -0.39 is 0 Å². The molecule has 0 spiro atoms. The quantitative estimate of drug-likeness (QED) is 0.849.